The van der Waals surface area contributed by atoms with Gasteiger partial charge in [0.25, 0.3) is 0 Å². The van der Waals surface area contributed by atoms with E-state index in [4.69, 9.17) is 15.3 Å². The number of nitrogens with zero attached hydrogens (tertiary/aromatic N) is 1. The van der Waals surface area contributed by atoms with E-state index in [2.05, 4.69) is 0 Å². The van der Waals surface area contributed by atoms with Crippen molar-refractivity contribution in [3.05, 3.63) is 21.5 Å². The molecule has 0 aromatic rings. The van der Waals surface area contributed by atoms with E-state index in [1.165, 1.54) is 0 Å². The van der Waals surface area contributed by atoms with Gasteiger partial charge in [-0.3, -0.25) is 0 Å². The minimum absolute atomic E-state index is 0. The summed E-state index contributed by atoms with van der Waals surface area (Å²) in [7, 11) is 0. The van der Waals surface area contributed by atoms with Gasteiger partial charge in [0.05, 0.1) is 5.09 Å². The Morgan fingerprint density at radius 1 is 1.14 bits per heavy atom. The van der Waals surface area contributed by atoms with E-state index >= 15 is 0 Å². The molecule has 36 valence electrons. The summed E-state index contributed by atoms with van der Waals surface area (Å²) in [6, 6.07) is 0. The van der Waals surface area contributed by atoms with Gasteiger partial charge in [-0.15, -0.1) is 0 Å². The maximum Gasteiger partial charge on any atom is 0.0689 e. The van der Waals surface area contributed by atoms with Crippen molar-refractivity contribution in [1.82, 2.24) is 0 Å². The molecule has 2 N–H and O–H groups in total. The Labute approximate surface area is 81.2 Å². The van der Waals surface area contributed by atoms with Crippen molar-refractivity contribution >= 4 is 0 Å². The molecule has 0 aliphatic carbocycles. The van der Waals surface area contributed by atoms with Gasteiger partial charge in [-0.2, -0.15) is 0 Å². The van der Waals surface area contributed by atoms with Crippen LogP contribution >= 0.6 is 0 Å². The van der Waals surface area contributed by atoms with Gasteiger partial charge >= 0.3 is 0 Å². The third kappa shape index (κ3) is 168. The molecule has 0 rings (SSSR count). The summed E-state index contributed by atoms with van der Waals surface area (Å²) in [5, 5.41) is 14.8. The first-order valence-corrected chi connectivity index (χ1v) is 0.548. The zero-order chi connectivity index (χ0) is 3.58. The van der Waals surface area contributed by atoms with Crippen molar-refractivity contribution in [2.45, 2.75) is 0 Å². The molecule has 0 amide bonds. The van der Waals surface area contributed by atoms with Crippen molar-refractivity contribution < 1.29 is 60.4 Å². The Kier molecular flexibility index (Phi) is 54.9. The summed E-state index contributed by atoms with van der Waals surface area (Å²) in [6.07, 6.45) is 0. The van der Waals surface area contributed by atoms with Crippen molar-refractivity contribution in [1.29, 1.82) is 0 Å². The second-order valence-corrected chi connectivity index (χ2v) is 0.224. The van der Waals surface area contributed by atoms with Gasteiger partial charge < -0.3 is 21.5 Å². The average Bonchev–Trinajstić information content (AvgIpc) is 0.811. The molecule has 0 atom stereocenters. The number of rotatable bonds is 0. The minimum Gasteiger partial charge on any atom is -0.693 e. The molecule has 0 aromatic carbocycles. The summed E-state index contributed by atoms with van der Waals surface area (Å²) in [4.78, 5) is 8.25. The first-order chi connectivity index (χ1) is 1.73. The van der Waals surface area contributed by atoms with E-state index in [1.807, 2.05) is 0 Å². The minimum atomic E-state index is -1.75. The molecule has 0 aromatic heterocycles. The summed E-state index contributed by atoms with van der Waals surface area (Å²) in [5.41, 5.74) is 0. The Balaban J connectivity index is -0.0000000150. The van der Waals surface area contributed by atoms with Crippen LogP contribution in [0.2, 0.25) is 0 Å². The van der Waals surface area contributed by atoms with Crippen LogP contribution < -0.4 is 0 Å². The second kappa shape index (κ2) is 15.7. The van der Waals surface area contributed by atoms with Crippen molar-refractivity contribution in [3.8, 4) is 0 Å². The first kappa shape index (κ1) is 24.4. The normalized spacial score (nSPS) is 3.43. The quantitative estimate of drug-likeness (QED) is 0.287. The van der Waals surface area contributed by atoms with Crippen LogP contribution in [0.1, 0.15) is 0 Å². The SMILES string of the molecule is O=[N+]([O-])[O-].[Hg].[Hg].[NH2-]. The maximum absolute atomic E-state index is 8.25. The first-order valence-electron chi connectivity index (χ1n) is 0.548. The van der Waals surface area contributed by atoms with Crippen molar-refractivity contribution in [3.63, 3.8) is 0 Å². The summed E-state index contributed by atoms with van der Waals surface area (Å²) in [6.45, 7) is 0. The van der Waals surface area contributed by atoms with Crippen LogP contribution in [0, 0.1) is 15.3 Å². The number of nitrogens with two attached hydrogens (primary N) is 1. The van der Waals surface area contributed by atoms with Gasteiger partial charge in [0.1, 0.15) is 0 Å². The third-order valence-electron chi connectivity index (χ3n) is 0. The van der Waals surface area contributed by atoms with Crippen LogP contribution in [0.15, 0.2) is 0 Å². The molecule has 0 aliphatic heterocycles. The molecular formula is H2Hg2N2O3-2. The van der Waals surface area contributed by atoms with E-state index in [1.54, 1.807) is 0 Å². The molecule has 0 unspecified atom stereocenters. The Morgan fingerprint density at radius 2 is 1.14 bits per heavy atom. The molecule has 5 nitrogen and oxygen atoms in total. The monoisotopic (exact) mass is 482 g/mol. The van der Waals surface area contributed by atoms with Crippen LogP contribution in [0.5, 0.6) is 0 Å². The largest absolute Gasteiger partial charge is 0.693 e. The fourth-order valence-electron chi connectivity index (χ4n) is 0. The predicted octanol–water partition coefficient (Wildman–Crippen LogP) is 0.473. The van der Waals surface area contributed by atoms with E-state index in [0.717, 1.165) is 0 Å². The summed E-state index contributed by atoms with van der Waals surface area (Å²) >= 11 is 0. The zero-order valence-corrected chi connectivity index (χ0v) is 14.7. The Hall–Kier alpha value is 1.03. The van der Waals surface area contributed by atoms with Gasteiger partial charge in [0, 0.05) is 55.3 Å². The fraction of sp³-hybridized carbons (Fsp3) is 0. The number of hydrogen-bond donors (Lipinski definition) is 0. The Bertz CT molecular complexity index is 33.9. The van der Waals surface area contributed by atoms with Crippen LogP contribution in [0.4, 0.5) is 0 Å². The zero-order valence-electron chi connectivity index (χ0n) is 3.66. The van der Waals surface area contributed by atoms with Gasteiger partial charge in [0.2, 0.25) is 0 Å². The molecular weight excluding hydrogens is 477 g/mol. The van der Waals surface area contributed by atoms with E-state index < -0.39 is 5.09 Å². The van der Waals surface area contributed by atoms with E-state index in [0.29, 0.717) is 0 Å². The van der Waals surface area contributed by atoms with E-state index in [9.17, 15) is 0 Å². The molecule has 7 heavy (non-hydrogen) atoms. The van der Waals surface area contributed by atoms with Crippen LogP contribution in [0.25, 0.3) is 6.15 Å². The van der Waals surface area contributed by atoms with Gasteiger partial charge in [-0.25, -0.2) is 0 Å². The molecule has 0 saturated carbocycles. The summed E-state index contributed by atoms with van der Waals surface area (Å²) in [5.74, 6) is 0. The molecule has 0 heterocycles. The molecule has 0 radical (unpaired) electrons. The standard InChI is InChI=1S/2Hg.NO3.H2N/c;;2-1(3)4;/h;;;1H2/q;;2*-1. The van der Waals surface area contributed by atoms with Crippen LogP contribution in [-0.4, -0.2) is 5.09 Å². The molecule has 0 fully saturated rings. The Morgan fingerprint density at radius 3 is 1.14 bits per heavy atom. The third-order valence-corrected chi connectivity index (χ3v) is 0. The van der Waals surface area contributed by atoms with Gasteiger partial charge in [-0.1, -0.05) is 0 Å². The topological polar surface area (TPSA) is 99.7 Å². The van der Waals surface area contributed by atoms with Crippen molar-refractivity contribution in [2.24, 2.45) is 0 Å². The van der Waals surface area contributed by atoms with Gasteiger partial charge in [-0.05, 0) is 0 Å². The number of hydrogen-bond acceptors (Lipinski definition) is 3. The summed E-state index contributed by atoms with van der Waals surface area (Å²) < 4.78 is 0. The van der Waals surface area contributed by atoms with Crippen molar-refractivity contribution in [2.75, 3.05) is 0 Å². The molecule has 0 saturated heterocycles. The van der Waals surface area contributed by atoms with Gasteiger partial charge in [0.15, 0.2) is 0 Å². The average molecular weight is 479 g/mol. The molecule has 0 bridgehead atoms. The fourth-order valence-corrected chi connectivity index (χ4v) is 0. The second-order valence-electron chi connectivity index (χ2n) is 0.224. The van der Waals surface area contributed by atoms with Crippen LogP contribution in [-0.2, 0) is 55.3 Å². The van der Waals surface area contributed by atoms with E-state index in [-0.39, 0.29) is 61.5 Å². The molecule has 7 heteroatoms. The maximum atomic E-state index is 8.25. The predicted molar refractivity (Wildman–Crippen MR) is 15.6 cm³/mol. The smallest absolute Gasteiger partial charge is 0.0689 e. The molecule has 0 spiro atoms. The van der Waals surface area contributed by atoms with Crippen LogP contribution in [0.3, 0.4) is 0 Å². The molecule has 0 aliphatic rings.